The van der Waals surface area contributed by atoms with Crippen LogP contribution in [0.2, 0.25) is 5.02 Å². The SMILES string of the molecule is C=CCn1c(SCC(=O)N2CC(C)CC(C)C2)nnc1-c1ccc(Cl)cc1. The number of carbonyl (C=O) groups is 1. The molecule has 1 aliphatic heterocycles. The van der Waals surface area contributed by atoms with Crippen molar-refractivity contribution in [2.24, 2.45) is 11.8 Å². The predicted molar refractivity (Wildman–Crippen MR) is 111 cm³/mol. The highest BCUT2D eigenvalue weighted by molar-refractivity contribution is 7.99. The number of aromatic nitrogens is 3. The summed E-state index contributed by atoms with van der Waals surface area (Å²) in [6.07, 6.45) is 3.00. The number of hydrogen-bond acceptors (Lipinski definition) is 4. The number of nitrogens with zero attached hydrogens (tertiary/aromatic N) is 4. The van der Waals surface area contributed by atoms with Gasteiger partial charge in [0.05, 0.1) is 5.75 Å². The Morgan fingerprint density at radius 3 is 2.56 bits per heavy atom. The quantitative estimate of drug-likeness (QED) is 0.529. The van der Waals surface area contributed by atoms with E-state index in [1.807, 2.05) is 39.8 Å². The minimum Gasteiger partial charge on any atom is -0.341 e. The molecule has 0 spiro atoms. The molecule has 1 aliphatic rings. The second-order valence-electron chi connectivity index (χ2n) is 7.25. The first-order valence-corrected chi connectivity index (χ1v) is 10.5. The van der Waals surface area contributed by atoms with Gasteiger partial charge in [0.2, 0.25) is 5.91 Å². The third-order valence-electron chi connectivity index (χ3n) is 4.68. The van der Waals surface area contributed by atoms with Crippen molar-refractivity contribution >= 4 is 29.3 Å². The van der Waals surface area contributed by atoms with E-state index in [4.69, 9.17) is 11.6 Å². The van der Waals surface area contributed by atoms with Crippen molar-refractivity contribution in [2.75, 3.05) is 18.8 Å². The zero-order valence-corrected chi connectivity index (χ0v) is 17.3. The summed E-state index contributed by atoms with van der Waals surface area (Å²) in [5.41, 5.74) is 0.936. The van der Waals surface area contributed by atoms with Crippen molar-refractivity contribution < 1.29 is 4.79 Å². The van der Waals surface area contributed by atoms with Gasteiger partial charge in [-0.25, -0.2) is 0 Å². The average molecular weight is 405 g/mol. The third-order valence-corrected chi connectivity index (χ3v) is 5.88. The maximum absolute atomic E-state index is 12.7. The molecule has 1 aromatic heterocycles. The van der Waals surface area contributed by atoms with Gasteiger partial charge in [0.25, 0.3) is 0 Å². The van der Waals surface area contributed by atoms with Crippen molar-refractivity contribution in [1.29, 1.82) is 0 Å². The minimum absolute atomic E-state index is 0.166. The van der Waals surface area contributed by atoms with Gasteiger partial charge < -0.3 is 4.90 Å². The van der Waals surface area contributed by atoms with E-state index in [1.165, 1.54) is 18.2 Å². The fourth-order valence-electron chi connectivity index (χ4n) is 3.59. The number of likely N-dealkylation sites (tertiary alicyclic amines) is 1. The van der Waals surface area contributed by atoms with Gasteiger partial charge >= 0.3 is 0 Å². The van der Waals surface area contributed by atoms with E-state index in [1.54, 1.807) is 0 Å². The molecule has 0 N–H and O–H groups in total. The van der Waals surface area contributed by atoms with Crippen LogP contribution in [0.5, 0.6) is 0 Å². The molecule has 2 aromatic rings. The van der Waals surface area contributed by atoms with Crippen LogP contribution in [0.15, 0.2) is 42.1 Å². The minimum atomic E-state index is 0.166. The molecule has 1 amide bonds. The Bertz CT molecular complexity index is 795. The largest absolute Gasteiger partial charge is 0.341 e. The average Bonchev–Trinajstić information content (AvgIpc) is 3.02. The Hall–Kier alpha value is -1.79. The summed E-state index contributed by atoms with van der Waals surface area (Å²) in [5.74, 6) is 2.41. The number of piperidine rings is 1. The number of halogens is 1. The van der Waals surface area contributed by atoms with E-state index in [2.05, 4.69) is 30.6 Å². The predicted octanol–water partition coefficient (Wildman–Crippen LogP) is 4.38. The maximum Gasteiger partial charge on any atom is 0.233 e. The first-order valence-electron chi connectivity index (χ1n) is 9.18. The highest BCUT2D eigenvalue weighted by atomic mass is 35.5. The lowest BCUT2D eigenvalue weighted by atomic mass is 9.92. The lowest BCUT2D eigenvalue weighted by molar-refractivity contribution is -0.130. The van der Waals surface area contributed by atoms with Gasteiger partial charge in [0.15, 0.2) is 11.0 Å². The summed E-state index contributed by atoms with van der Waals surface area (Å²) in [6.45, 7) is 10.5. The lowest BCUT2D eigenvalue weighted by Gasteiger charge is -2.34. The van der Waals surface area contributed by atoms with Crippen LogP contribution >= 0.6 is 23.4 Å². The van der Waals surface area contributed by atoms with Crippen LogP contribution < -0.4 is 0 Å². The molecule has 0 saturated carbocycles. The number of rotatable bonds is 6. The van der Waals surface area contributed by atoms with Crippen LogP contribution in [-0.4, -0.2) is 44.4 Å². The molecule has 5 nitrogen and oxygen atoms in total. The van der Waals surface area contributed by atoms with Gasteiger partial charge in [0.1, 0.15) is 0 Å². The molecule has 7 heteroatoms. The lowest BCUT2D eigenvalue weighted by Crippen LogP contribution is -2.43. The van der Waals surface area contributed by atoms with Crippen molar-refractivity contribution in [2.45, 2.75) is 32.0 Å². The molecule has 144 valence electrons. The second-order valence-corrected chi connectivity index (χ2v) is 8.62. The van der Waals surface area contributed by atoms with E-state index < -0.39 is 0 Å². The van der Waals surface area contributed by atoms with Gasteiger partial charge in [-0.05, 0) is 42.5 Å². The van der Waals surface area contributed by atoms with Crippen LogP contribution in [0.25, 0.3) is 11.4 Å². The van der Waals surface area contributed by atoms with E-state index in [0.717, 1.165) is 29.6 Å². The molecule has 2 atom stereocenters. The van der Waals surface area contributed by atoms with Crippen LogP contribution in [-0.2, 0) is 11.3 Å². The maximum atomic E-state index is 12.7. The highest BCUT2D eigenvalue weighted by Gasteiger charge is 2.26. The number of hydrogen-bond donors (Lipinski definition) is 0. The summed E-state index contributed by atoms with van der Waals surface area (Å²) in [5, 5.41) is 10.0. The molecule has 2 heterocycles. The van der Waals surface area contributed by atoms with Gasteiger partial charge in [0, 0.05) is 30.2 Å². The molecular weight excluding hydrogens is 380 g/mol. The molecule has 1 saturated heterocycles. The van der Waals surface area contributed by atoms with Gasteiger partial charge in [-0.2, -0.15) is 0 Å². The third kappa shape index (κ3) is 4.93. The van der Waals surface area contributed by atoms with Crippen LogP contribution in [0.4, 0.5) is 0 Å². The summed E-state index contributed by atoms with van der Waals surface area (Å²) in [6, 6.07) is 7.50. The topological polar surface area (TPSA) is 51.0 Å². The molecule has 2 unspecified atom stereocenters. The fraction of sp³-hybridized carbons (Fsp3) is 0.450. The number of amides is 1. The highest BCUT2D eigenvalue weighted by Crippen LogP contribution is 2.26. The first kappa shape index (κ1) is 20.0. The van der Waals surface area contributed by atoms with E-state index in [-0.39, 0.29) is 5.91 Å². The van der Waals surface area contributed by atoms with Gasteiger partial charge in [-0.15, -0.1) is 16.8 Å². The Balaban J connectivity index is 1.72. The molecule has 0 radical (unpaired) electrons. The number of thioether (sulfide) groups is 1. The summed E-state index contributed by atoms with van der Waals surface area (Å²) in [7, 11) is 0. The molecule has 1 fully saturated rings. The molecule has 0 aliphatic carbocycles. The van der Waals surface area contributed by atoms with E-state index >= 15 is 0 Å². The Kier molecular flexibility index (Phi) is 6.60. The molecule has 1 aromatic carbocycles. The van der Waals surface area contributed by atoms with Crippen LogP contribution in [0.1, 0.15) is 20.3 Å². The van der Waals surface area contributed by atoms with Crippen LogP contribution in [0.3, 0.4) is 0 Å². The van der Waals surface area contributed by atoms with Gasteiger partial charge in [-0.1, -0.05) is 43.3 Å². The number of benzene rings is 1. The summed E-state index contributed by atoms with van der Waals surface area (Å²) in [4.78, 5) is 14.6. The van der Waals surface area contributed by atoms with Crippen molar-refractivity contribution in [3.05, 3.63) is 41.9 Å². The Morgan fingerprint density at radius 1 is 1.26 bits per heavy atom. The van der Waals surface area contributed by atoms with Crippen molar-refractivity contribution in [3.63, 3.8) is 0 Å². The summed E-state index contributed by atoms with van der Waals surface area (Å²) < 4.78 is 1.98. The summed E-state index contributed by atoms with van der Waals surface area (Å²) >= 11 is 7.41. The molecular formula is C20H25ClN4OS. The zero-order valence-electron chi connectivity index (χ0n) is 15.8. The first-order chi connectivity index (χ1) is 13.0. The van der Waals surface area contributed by atoms with Crippen molar-refractivity contribution in [1.82, 2.24) is 19.7 Å². The van der Waals surface area contributed by atoms with Crippen molar-refractivity contribution in [3.8, 4) is 11.4 Å². The molecule has 27 heavy (non-hydrogen) atoms. The standard InChI is InChI=1S/C20H25ClN4OS/c1-4-9-25-19(16-5-7-17(21)8-6-16)22-23-20(25)27-13-18(26)24-11-14(2)10-15(3)12-24/h4-8,14-15H,1,9-13H2,2-3H3. The Labute approximate surface area is 169 Å². The number of allylic oxidation sites excluding steroid dienone is 1. The Morgan fingerprint density at radius 2 is 1.93 bits per heavy atom. The number of carbonyl (C=O) groups excluding carboxylic acids is 1. The van der Waals surface area contributed by atoms with E-state index in [9.17, 15) is 4.79 Å². The smallest absolute Gasteiger partial charge is 0.233 e. The second kappa shape index (κ2) is 8.93. The molecule has 0 bridgehead atoms. The molecule has 3 rings (SSSR count). The fourth-order valence-corrected chi connectivity index (χ4v) is 4.56. The normalized spacial score (nSPS) is 19.9. The zero-order chi connectivity index (χ0) is 19.4. The van der Waals surface area contributed by atoms with Gasteiger partial charge in [-0.3, -0.25) is 9.36 Å². The van der Waals surface area contributed by atoms with E-state index in [0.29, 0.717) is 29.2 Å². The van der Waals surface area contributed by atoms with Crippen LogP contribution in [0, 0.1) is 11.8 Å². The monoisotopic (exact) mass is 404 g/mol.